The zero-order chi connectivity index (χ0) is 21.1. The van der Waals surface area contributed by atoms with Gasteiger partial charge >= 0.3 is 0 Å². The molecule has 0 spiro atoms. The van der Waals surface area contributed by atoms with Gasteiger partial charge in [0.1, 0.15) is 0 Å². The highest BCUT2D eigenvalue weighted by Crippen LogP contribution is 2.36. The normalized spacial score (nSPS) is 16.7. The molecule has 7 heteroatoms. The monoisotopic (exact) mass is 407 g/mol. The maximum atomic E-state index is 12.3. The van der Waals surface area contributed by atoms with Gasteiger partial charge in [-0.15, -0.1) is 0 Å². The number of carbonyl (C=O) groups is 2. The molecular formula is C23H25N3O4. The molecule has 0 unspecified atom stereocenters. The van der Waals surface area contributed by atoms with Gasteiger partial charge in [-0.3, -0.25) is 9.59 Å². The summed E-state index contributed by atoms with van der Waals surface area (Å²) in [6.45, 7) is 3.48. The first-order valence-corrected chi connectivity index (χ1v) is 10.0. The number of benzene rings is 2. The van der Waals surface area contributed by atoms with Crippen molar-refractivity contribution in [2.45, 2.75) is 25.8 Å². The molecule has 4 rings (SSSR count). The predicted molar refractivity (Wildman–Crippen MR) is 115 cm³/mol. The lowest BCUT2D eigenvalue weighted by atomic mass is 9.95. The molecule has 156 valence electrons. The van der Waals surface area contributed by atoms with E-state index in [2.05, 4.69) is 10.6 Å². The number of nitrogens with one attached hydrogen (secondary N) is 2. The lowest BCUT2D eigenvalue weighted by Gasteiger charge is -2.27. The molecule has 0 amide bonds. The number of Topliss-reactive ketones (excluding diaryl/α,β-unsaturated/α-hetero) is 1. The smallest absolute Gasteiger partial charge is 0.231 e. The van der Waals surface area contributed by atoms with Gasteiger partial charge in [-0.2, -0.15) is 0 Å². The number of nitrogens with two attached hydrogens (primary N) is 1. The van der Waals surface area contributed by atoms with Crippen molar-refractivity contribution < 1.29 is 19.1 Å². The lowest BCUT2D eigenvalue weighted by molar-refractivity contribution is -0.103. The van der Waals surface area contributed by atoms with Gasteiger partial charge in [0.15, 0.2) is 23.6 Å². The number of aldehydes is 1. The number of ether oxygens (including phenoxy) is 2. The maximum Gasteiger partial charge on any atom is 0.231 e. The van der Waals surface area contributed by atoms with Crippen molar-refractivity contribution in [1.82, 2.24) is 10.6 Å². The van der Waals surface area contributed by atoms with Gasteiger partial charge in [0.05, 0.1) is 5.70 Å². The highest BCUT2D eigenvalue weighted by Gasteiger charge is 2.22. The molecule has 4 N–H and O–H groups in total. The van der Waals surface area contributed by atoms with E-state index in [1.165, 1.54) is 6.92 Å². The number of nitrogen functional groups attached to an aromatic ring is 1. The summed E-state index contributed by atoms with van der Waals surface area (Å²) in [6.07, 6.45) is 2.66. The molecule has 2 heterocycles. The summed E-state index contributed by atoms with van der Waals surface area (Å²) in [5.41, 5.74) is 9.57. The van der Waals surface area contributed by atoms with Gasteiger partial charge in [-0.1, -0.05) is 0 Å². The zero-order valence-corrected chi connectivity index (χ0v) is 16.9. The minimum atomic E-state index is -0.0857. The Hall–Kier alpha value is -3.32. The van der Waals surface area contributed by atoms with Crippen molar-refractivity contribution in [2.75, 3.05) is 25.6 Å². The quantitative estimate of drug-likeness (QED) is 0.222. The second-order valence-corrected chi connectivity index (χ2v) is 7.50. The summed E-state index contributed by atoms with van der Waals surface area (Å²) in [5.74, 6) is 1.22. The third-order valence-corrected chi connectivity index (χ3v) is 5.49. The number of allylic oxidation sites excluding steroid dienone is 1. The van der Waals surface area contributed by atoms with E-state index in [-0.39, 0.29) is 18.6 Å². The largest absolute Gasteiger partial charge is 0.454 e. The van der Waals surface area contributed by atoms with Crippen molar-refractivity contribution in [3.8, 4) is 11.5 Å². The fraction of sp³-hybridized carbons (Fsp3) is 0.304. The molecule has 0 aliphatic carbocycles. The van der Waals surface area contributed by atoms with Crippen LogP contribution in [0.4, 0.5) is 5.69 Å². The Morgan fingerprint density at radius 1 is 1.10 bits per heavy atom. The summed E-state index contributed by atoms with van der Waals surface area (Å²) in [5, 5.41) is 6.91. The zero-order valence-electron chi connectivity index (χ0n) is 16.9. The molecule has 0 bridgehead atoms. The Morgan fingerprint density at radius 2 is 1.83 bits per heavy atom. The molecule has 7 nitrogen and oxygen atoms in total. The standard InChI is InChI=1S/C23H25N3O4/c1-14(28)15-2-4-20(24)18(10-15)19(12-27)23(26-17-6-8-25-9-7-17)16-3-5-21-22(11-16)30-13-29-21/h2-5,10-12,17,25-26H,6-9,13,24H2,1H3/b23-19+. The molecule has 0 atom stereocenters. The summed E-state index contributed by atoms with van der Waals surface area (Å²) < 4.78 is 11.0. The number of hydrogen-bond acceptors (Lipinski definition) is 7. The fourth-order valence-corrected chi connectivity index (χ4v) is 3.80. The van der Waals surface area contributed by atoms with Crippen LogP contribution in [-0.4, -0.2) is 38.0 Å². The Labute approximate surface area is 175 Å². The maximum absolute atomic E-state index is 12.3. The Kier molecular flexibility index (Phi) is 5.72. The molecule has 1 fully saturated rings. The summed E-state index contributed by atoms with van der Waals surface area (Å²) in [4.78, 5) is 24.2. The van der Waals surface area contributed by atoms with Crippen LogP contribution in [0.2, 0.25) is 0 Å². The second kappa shape index (κ2) is 8.59. The number of fused-ring (bicyclic) bond motifs is 1. The molecule has 30 heavy (non-hydrogen) atoms. The van der Waals surface area contributed by atoms with Crippen LogP contribution >= 0.6 is 0 Å². The number of hydrogen-bond donors (Lipinski definition) is 3. The average molecular weight is 407 g/mol. The van der Waals surface area contributed by atoms with E-state index in [9.17, 15) is 9.59 Å². The number of piperidine rings is 1. The summed E-state index contributed by atoms with van der Waals surface area (Å²) >= 11 is 0. The van der Waals surface area contributed by atoms with Crippen LogP contribution in [0.3, 0.4) is 0 Å². The first kappa shape index (κ1) is 20.0. The van der Waals surface area contributed by atoms with Crippen LogP contribution in [0, 0.1) is 0 Å². The first-order chi connectivity index (χ1) is 14.6. The van der Waals surface area contributed by atoms with Crippen LogP contribution in [0.25, 0.3) is 11.3 Å². The van der Waals surface area contributed by atoms with Crippen molar-refractivity contribution in [3.05, 3.63) is 53.1 Å². The molecule has 0 radical (unpaired) electrons. The van der Waals surface area contributed by atoms with Crippen molar-refractivity contribution in [3.63, 3.8) is 0 Å². The van der Waals surface area contributed by atoms with Gasteiger partial charge in [-0.25, -0.2) is 0 Å². The molecule has 2 aliphatic heterocycles. The highest BCUT2D eigenvalue weighted by atomic mass is 16.7. The van der Waals surface area contributed by atoms with Gasteiger partial charge in [-0.05, 0) is 69.3 Å². The number of rotatable bonds is 6. The molecular weight excluding hydrogens is 382 g/mol. The molecule has 0 saturated carbocycles. The molecule has 1 saturated heterocycles. The molecule has 2 aromatic carbocycles. The van der Waals surface area contributed by atoms with E-state index in [0.29, 0.717) is 39.6 Å². The Balaban J connectivity index is 1.85. The molecule has 2 aliphatic rings. The van der Waals surface area contributed by atoms with Crippen LogP contribution in [0.5, 0.6) is 11.5 Å². The molecule has 2 aromatic rings. The van der Waals surface area contributed by atoms with E-state index >= 15 is 0 Å². The van der Waals surface area contributed by atoms with E-state index in [0.717, 1.165) is 37.8 Å². The van der Waals surface area contributed by atoms with E-state index < -0.39 is 0 Å². The fourth-order valence-electron chi connectivity index (χ4n) is 3.80. The van der Waals surface area contributed by atoms with E-state index in [1.807, 2.05) is 18.2 Å². The minimum Gasteiger partial charge on any atom is -0.454 e. The average Bonchev–Trinajstić information content (AvgIpc) is 3.23. The second-order valence-electron chi connectivity index (χ2n) is 7.50. The summed E-state index contributed by atoms with van der Waals surface area (Å²) in [6, 6.07) is 10.8. The first-order valence-electron chi connectivity index (χ1n) is 10.0. The van der Waals surface area contributed by atoms with Crippen molar-refractivity contribution >= 4 is 29.0 Å². The van der Waals surface area contributed by atoms with E-state index in [4.69, 9.17) is 15.2 Å². The van der Waals surface area contributed by atoms with Gasteiger partial charge in [0, 0.05) is 34.0 Å². The number of ketones is 1. The lowest BCUT2D eigenvalue weighted by Crippen LogP contribution is -2.39. The Morgan fingerprint density at radius 3 is 2.57 bits per heavy atom. The number of carbonyl (C=O) groups excluding carboxylic acids is 2. The van der Waals surface area contributed by atoms with Gasteiger partial charge < -0.3 is 25.8 Å². The summed E-state index contributed by atoms with van der Waals surface area (Å²) in [7, 11) is 0. The SMILES string of the molecule is CC(=O)c1ccc(N)c(/C(C=O)=C(/NC2CCNCC2)c2ccc3c(c2)OCO3)c1. The van der Waals surface area contributed by atoms with Crippen LogP contribution < -0.4 is 25.8 Å². The Bertz CT molecular complexity index is 1010. The minimum absolute atomic E-state index is 0.0857. The third kappa shape index (κ3) is 4.02. The van der Waals surface area contributed by atoms with Gasteiger partial charge in [0.2, 0.25) is 6.79 Å². The van der Waals surface area contributed by atoms with Crippen LogP contribution in [0.1, 0.15) is 41.3 Å². The molecule has 0 aromatic heterocycles. The predicted octanol–water partition coefficient (Wildman–Crippen LogP) is 2.61. The van der Waals surface area contributed by atoms with Crippen LogP contribution in [0.15, 0.2) is 36.4 Å². The van der Waals surface area contributed by atoms with Crippen molar-refractivity contribution in [2.24, 2.45) is 0 Å². The van der Waals surface area contributed by atoms with E-state index in [1.54, 1.807) is 18.2 Å². The van der Waals surface area contributed by atoms with Gasteiger partial charge in [0.25, 0.3) is 0 Å². The topological polar surface area (TPSA) is 103 Å². The highest BCUT2D eigenvalue weighted by molar-refractivity contribution is 6.19. The van der Waals surface area contributed by atoms with Crippen LogP contribution in [-0.2, 0) is 4.79 Å². The third-order valence-electron chi connectivity index (χ3n) is 5.49. The van der Waals surface area contributed by atoms with Crippen molar-refractivity contribution in [1.29, 1.82) is 0 Å². The number of anilines is 1.